The summed E-state index contributed by atoms with van der Waals surface area (Å²) >= 11 is 0. The monoisotopic (exact) mass is 521 g/mol. The van der Waals surface area contributed by atoms with Crippen LogP contribution in [0.3, 0.4) is 0 Å². The van der Waals surface area contributed by atoms with Crippen molar-refractivity contribution in [2.45, 2.75) is 12.5 Å². The Kier molecular flexibility index (Phi) is 7.03. The maximum absolute atomic E-state index is 14.9. The molecule has 0 unspecified atom stereocenters. The van der Waals surface area contributed by atoms with Gasteiger partial charge in [-0.1, -0.05) is 0 Å². The minimum atomic E-state index is -5.23. The van der Waals surface area contributed by atoms with Crippen LogP contribution in [0.25, 0.3) is 0 Å². The minimum Gasteiger partial charge on any atom is -0.456 e. The first-order valence-electron chi connectivity index (χ1n) is 9.36. The number of hydrogen-bond donors (Lipinski definition) is 2. The van der Waals surface area contributed by atoms with E-state index in [-0.39, 0.29) is 17.4 Å². The van der Waals surface area contributed by atoms with Crippen LogP contribution in [0.2, 0.25) is 0 Å². The third kappa shape index (κ3) is 6.17. The molecule has 3 rings (SSSR count). The number of rotatable bonds is 6. The van der Waals surface area contributed by atoms with Crippen molar-refractivity contribution in [3.8, 4) is 17.2 Å². The highest BCUT2D eigenvalue weighted by Crippen LogP contribution is 2.38. The maximum atomic E-state index is 14.9. The number of nitrogens with zero attached hydrogens (tertiary/aromatic N) is 1. The Hall–Kier alpha value is -4.43. The van der Waals surface area contributed by atoms with E-state index in [9.17, 15) is 44.7 Å². The SMILES string of the molecule is NC(=O)c1cc(NC(=O)c2c(Oc3ccc(OC(F)(F)F)c(F)c3)ccc(C(F)(F)F)c2F)ccn1. The fourth-order valence-electron chi connectivity index (χ4n) is 2.79. The second-order valence-electron chi connectivity index (χ2n) is 6.79. The topological polar surface area (TPSA) is 104 Å². The van der Waals surface area contributed by atoms with Crippen LogP contribution in [0.5, 0.6) is 17.2 Å². The second kappa shape index (κ2) is 9.67. The molecule has 0 aliphatic heterocycles. The molecule has 0 fully saturated rings. The fourth-order valence-corrected chi connectivity index (χ4v) is 2.79. The van der Waals surface area contributed by atoms with Crippen LogP contribution in [0.15, 0.2) is 48.7 Å². The number of pyridine rings is 1. The van der Waals surface area contributed by atoms with Crippen molar-refractivity contribution in [2.24, 2.45) is 5.73 Å². The number of anilines is 1. The quantitative estimate of drug-likeness (QED) is 0.422. The Morgan fingerprint density at radius 2 is 1.58 bits per heavy atom. The molecule has 3 aromatic rings. The molecule has 0 spiro atoms. The molecule has 0 aliphatic carbocycles. The van der Waals surface area contributed by atoms with Gasteiger partial charge in [-0.2, -0.15) is 13.2 Å². The van der Waals surface area contributed by atoms with Gasteiger partial charge < -0.3 is 20.5 Å². The molecule has 2 aromatic carbocycles. The molecular formula is C21H11F8N3O4. The lowest BCUT2D eigenvalue weighted by atomic mass is 10.1. The lowest BCUT2D eigenvalue weighted by Crippen LogP contribution is -2.19. The largest absolute Gasteiger partial charge is 0.573 e. The lowest BCUT2D eigenvalue weighted by Gasteiger charge is -2.16. The van der Waals surface area contributed by atoms with Gasteiger partial charge in [-0.05, 0) is 36.4 Å². The lowest BCUT2D eigenvalue weighted by molar-refractivity contribution is -0.275. The molecule has 0 aliphatic rings. The molecule has 0 radical (unpaired) electrons. The zero-order valence-corrected chi connectivity index (χ0v) is 17.3. The normalized spacial score (nSPS) is 11.7. The van der Waals surface area contributed by atoms with Gasteiger partial charge in [0.05, 0.1) is 5.56 Å². The van der Waals surface area contributed by atoms with Crippen LogP contribution in [0, 0.1) is 11.6 Å². The Labute approximate surface area is 195 Å². The molecule has 0 atom stereocenters. The number of carbonyl (C=O) groups is 2. The summed E-state index contributed by atoms with van der Waals surface area (Å²) in [5.41, 5.74) is 1.41. The number of nitrogens with two attached hydrogens (primary N) is 1. The van der Waals surface area contributed by atoms with Crippen LogP contribution >= 0.6 is 0 Å². The third-order valence-electron chi connectivity index (χ3n) is 4.26. The average molecular weight is 521 g/mol. The average Bonchev–Trinajstić information content (AvgIpc) is 2.74. The van der Waals surface area contributed by atoms with E-state index in [2.05, 4.69) is 15.0 Å². The zero-order valence-electron chi connectivity index (χ0n) is 17.3. The summed E-state index contributed by atoms with van der Waals surface area (Å²) < 4.78 is 114. The summed E-state index contributed by atoms with van der Waals surface area (Å²) in [6.07, 6.45) is -9.41. The number of halogens is 8. The number of nitrogens with one attached hydrogen (secondary N) is 1. The van der Waals surface area contributed by atoms with Crippen LogP contribution in [-0.2, 0) is 6.18 Å². The molecule has 36 heavy (non-hydrogen) atoms. The number of alkyl halides is 6. The number of benzene rings is 2. The summed E-state index contributed by atoms with van der Waals surface area (Å²) in [5.74, 6) is -8.79. The van der Waals surface area contributed by atoms with E-state index in [4.69, 9.17) is 10.5 Å². The van der Waals surface area contributed by atoms with E-state index in [1.165, 1.54) is 0 Å². The van der Waals surface area contributed by atoms with Crippen molar-refractivity contribution in [3.63, 3.8) is 0 Å². The molecule has 190 valence electrons. The second-order valence-corrected chi connectivity index (χ2v) is 6.79. The van der Waals surface area contributed by atoms with Gasteiger partial charge in [0.25, 0.3) is 11.8 Å². The van der Waals surface area contributed by atoms with Gasteiger partial charge in [-0.15, -0.1) is 13.2 Å². The molecule has 3 N–H and O–H groups in total. The van der Waals surface area contributed by atoms with E-state index in [1.807, 2.05) is 0 Å². The smallest absolute Gasteiger partial charge is 0.456 e. The number of carbonyl (C=O) groups excluding carboxylic acids is 2. The van der Waals surface area contributed by atoms with E-state index in [1.54, 1.807) is 0 Å². The predicted octanol–water partition coefficient (Wildman–Crippen LogP) is 5.42. The fraction of sp³-hybridized carbons (Fsp3) is 0.0952. The van der Waals surface area contributed by atoms with Crippen LogP contribution in [-0.4, -0.2) is 23.2 Å². The van der Waals surface area contributed by atoms with Gasteiger partial charge in [0.1, 0.15) is 22.8 Å². The van der Waals surface area contributed by atoms with Gasteiger partial charge in [-0.3, -0.25) is 14.6 Å². The predicted molar refractivity (Wildman–Crippen MR) is 105 cm³/mol. The highest BCUT2D eigenvalue weighted by atomic mass is 19.4. The van der Waals surface area contributed by atoms with Gasteiger partial charge >= 0.3 is 12.5 Å². The highest BCUT2D eigenvalue weighted by Gasteiger charge is 2.37. The van der Waals surface area contributed by atoms with Gasteiger partial charge in [-0.25, -0.2) is 8.78 Å². The van der Waals surface area contributed by atoms with Crippen LogP contribution in [0.4, 0.5) is 40.8 Å². The van der Waals surface area contributed by atoms with Crippen molar-refractivity contribution >= 4 is 17.5 Å². The van der Waals surface area contributed by atoms with Crippen molar-refractivity contribution in [2.75, 3.05) is 5.32 Å². The van der Waals surface area contributed by atoms with Crippen molar-refractivity contribution in [1.82, 2.24) is 4.98 Å². The molecule has 0 bridgehead atoms. The van der Waals surface area contributed by atoms with E-state index < -0.39 is 64.4 Å². The van der Waals surface area contributed by atoms with E-state index in [0.717, 1.165) is 24.4 Å². The molecule has 7 nitrogen and oxygen atoms in total. The number of aromatic nitrogens is 1. The summed E-state index contributed by atoms with van der Waals surface area (Å²) in [6, 6.07) is 4.49. The van der Waals surface area contributed by atoms with Crippen LogP contribution in [0.1, 0.15) is 26.4 Å². The number of amides is 2. The van der Waals surface area contributed by atoms with E-state index in [0.29, 0.717) is 18.2 Å². The van der Waals surface area contributed by atoms with Gasteiger partial charge in [0, 0.05) is 18.0 Å². The van der Waals surface area contributed by atoms with Crippen molar-refractivity contribution in [3.05, 3.63) is 77.1 Å². The number of primary amides is 1. The molecule has 0 saturated carbocycles. The summed E-state index contributed by atoms with van der Waals surface area (Å²) in [7, 11) is 0. The first-order chi connectivity index (χ1) is 16.7. The first kappa shape index (κ1) is 26.2. The molecule has 0 saturated heterocycles. The van der Waals surface area contributed by atoms with E-state index >= 15 is 0 Å². The van der Waals surface area contributed by atoms with Gasteiger partial charge in [0.2, 0.25) is 0 Å². The molecule has 2 amide bonds. The summed E-state index contributed by atoms with van der Waals surface area (Å²) in [5, 5.41) is 2.05. The van der Waals surface area contributed by atoms with Gasteiger partial charge in [0.15, 0.2) is 17.4 Å². The van der Waals surface area contributed by atoms with Crippen LogP contribution < -0.4 is 20.5 Å². The molecule has 15 heteroatoms. The maximum Gasteiger partial charge on any atom is 0.573 e. The standard InChI is InChI=1S/C21H11F8N3O4/c22-12-8-10(1-3-14(12)36-21(27,28)29)35-15-4-2-11(20(24,25)26)17(23)16(15)19(34)32-9-5-6-31-13(7-9)18(30)33/h1-8H,(H2,30,33)(H,31,32,34). The molecule has 1 aromatic heterocycles. The molecule has 1 heterocycles. The Morgan fingerprint density at radius 1 is 0.917 bits per heavy atom. The Bertz CT molecular complexity index is 1330. The zero-order chi connectivity index (χ0) is 26.8. The van der Waals surface area contributed by atoms with Crippen molar-refractivity contribution in [1.29, 1.82) is 0 Å². The number of hydrogen-bond acceptors (Lipinski definition) is 5. The Balaban J connectivity index is 2.01. The molecular weight excluding hydrogens is 510 g/mol. The first-order valence-corrected chi connectivity index (χ1v) is 9.36. The third-order valence-corrected chi connectivity index (χ3v) is 4.26. The summed E-state index contributed by atoms with van der Waals surface area (Å²) in [6.45, 7) is 0. The number of ether oxygens (including phenoxy) is 2. The highest BCUT2D eigenvalue weighted by molar-refractivity contribution is 6.07. The Morgan fingerprint density at radius 3 is 2.17 bits per heavy atom. The van der Waals surface area contributed by atoms with Crippen molar-refractivity contribution < 1.29 is 54.2 Å². The summed E-state index contributed by atoms with van der Waals surface area (Å²) in [4.78, 5) is 27.6. The minimum absolute atomic E-state index is 0.203.